The summed E-state index contributed by atoms with van der Waals surface area (Å²) in [5.41, 5.74) is 3.22. The van der Waals surface area contributed by atoms with Crippen LogP contribution in [0.4, 0.5) is 10.5 Å². The molecule has 1 heterocycles. The van der Waals surface area contributed by atoms with Gasteiger partial charge in [0.15, 0.2) is 0 Å². The van der Waals surface area contributed by atoms with Gasteiger partial charge >= 0.3 is 0 Å². The Hall–Kier alpha value is -4.07. The number of benzene rings is 4. The molecule has 0 spiro atoms. The number of hydrogen-bond acceptors (Lipinski definition) is 5. The minimum Gasteiger partial charge on any atom is -0.488 e. The minimum absolute atomic E-state index is 0.228. The van der Waals surface area contributed by atoms with Crippen molar-refractivity contribution < 1.29 is 19.1 Å². The second-order valence-electron chi connectivity index (χ2n) is 8.80. The fourth-order valence-corrected chi connectivity index (χ4v) is 5.07. The van der Waals surface area contributed by atoms with Gasteiger partial charge in [-0.05, 0) is 77.0 Å². The third-order valence-electron chi connectivity index (χ3n) is 5.99. The number of rotatable bonds is 7. The number of carbonyl (C=O) groups is 3. The maximum absolute atomic E-state index is 13.2. The van der Waals surface area contributed by atoms with E-state index < -0.39 is 17.1 Å². The summed E-state index contributed by atoms with van der Waals surface area (Å²) in [6.45, 7) is 1.85. The largest absolute Gasteiger partial charge is 0.488 e. The molecular formula is C30H23ClN2O4S. The fourth-order valence-electron chi connectivity index (χ4n) is 4.13. The highest BCUT2D eigenvalue weighted by molar-refractivity contribution is 8.18. The number of ether oxygens (including phenoxy) is 1. The van der Waals surface area contributed by atoms with Crippen LogP contribution in [0.25, 0.3) is 16.8 Å². The number of carbonyl (C=O) groups excluding carboxylic acids is 3. The normalized spacial score (nSPS) is 14.4. The number of nitrogens with zero attached hydrogens (tertiary/aromatic N) is 1. The standard InChI is InChI=1S/C30H23ClN2O4S/c1-19-5-4-7-23(15-19)32-28(34)17-33-29(35)27(38-30(33)36)16-25-24-8-3-2-6-21(24)11-14-26(25)37-18-20-9-12-22(31)13-10-20/h2-16H,17-18H2,1H3,(H,32,34)/b27-16+. The van der Waals surface area contributed by atoms with Gasteiger partial charge in [-0.15, -0.1) is 0 Å². The van der Waals surface area contributed by atoms with Crippen molar-refractivity contribution >= 4 is 63.0 Å². The number of hydrogen-bond donors (Lipinski definition) is 1. The summed E-state index contributed by atoms with van der Waals surface area (Å²) in [5.74, 6) is -0.394. The molecule has 38 heavy (non-hydrogen) atoms. The molecule has 190 valence electrons. The Balaban J connectivity index is 1.39. The number of thioether (sulfide) groups is 1. The fraction of sp³-hybridized carbons (Fsp3) is 0.100. The van der Waals surface area contributed by atoms with Crippen LogP contribution in [0.3, 0.4) is 0 Å². The molecule has 1 aliphatic heterocycles. The van der Waals surface area contributed by atoms with E-state index in [0.29, 0.717) is 28.6 Å². The summed E-state index contributed by atoms with van der Waals surface area (Å²) < 4.78 is 6.14. The predicted octanol–water partition coefficient (Wildman–Crippen LogP) is 7.06. The Morgan fingerprint density at radius 2 is 1.79 bits per heavy atom. The molecule has 8 heteroatoms. The molecule has 1 fully saturated rings. The summed E-state index contributed by atoms with van der Waals surface area (Å²) in [5, 5.41) is 4.74. The van der Waals surface area contributed by atoms with Gasteiger partial charge in [0.1, 0.15) is 18.9 Å². The summed E-state index contributed by atoms with van der Waals surface area (Å²) >= 11 is 6.80. The van der Waals surface area contributed by atoms with Gasteiger partial charge in [-0.2, -0.15) is 0 Å². The Labute approximate surface area is 229 Å². The molecule has 0 atom stereocenters. The lowest BCUT2D eigenvalue weighted by molar-refractivity contribution is -0.127. The zero-order valence-electron chi connectivity index (χ0n) is 20.4. The average molecular weight is 543 g/mol. The number of aryl methyl sites for hydroxylation is 1. The zero-order valence-corrected chi connectivity index (χ0v) is 22.0. The summed E-state index contributed by atoms with van der Waals surface area (Å²) in [6.07, 6.45) is 1.67. The molecule has 0 saturated carbocycles. The van der Waals surface area contributed by atoms with Crippen LogP contribution in [0.15, 0.2) is 89.8 Å². The monoisotopic (exact) mass is 542 g/mol. The first-order valence-corrected chi connectivity index (χ1v) is 13.1. The minimum atomic E-state index is -0.518. The summed E-state index contributed by atoms with van der Waals surface area (Å²) in [4.78, 5) is 39.7. The Morgan fingerprint density at radius 1 is 1.00 bits per heavy atom. The van der Waals surface area contributed by atoms with Crippen molar-refractivity contribution in [2.75, 3.05) is 11.9 Å². The number of imide groups is 1. The maximum atomic E-state index is 13.2. The molecule has 0 radical (unpaired) electrons. The van der Waals surface area contributed by atoms with E-state index in [1.54, 1.807) is 24.3 Å². The van der Waals surface area contributed by atoms with Gasteiger partial charge in [0.2, 0.25) is 5.91 Å². The molecule has 0 aromatic heterocycles. The summed E-state index contributed by atoms with van der Waals surface area (Å²) in [7, 11) is 0. The molecule has 0 bridgehead atoms. The molecular weight excluding hydrogens is 520 g/mol. The molecule has 6 nitrogen and oxygen atoms in total. The van der Waals surface area contributed by atoms with Crippen molar-refractivity contribution in [1.82, 2.24) is 4.90 Å². The molecule has 0 aliphatic carbocycles. The quantitative estimate of drug-likeness (QED) is 0.253. The van der Waals surface area contributed by atoms with Crippen LogP contribution in [0.1, 0.15) is 16.7 Å². The first-order valence-electron chi connectivity index (χ1n) is 11.9. The lowest BCUT2D eigenvalue weighted by Crippen LogP contribution is -2.36. The topological polar surface area (TPSA) is 75.7 Å². The van der Waals surface area contributed by atoms with Crippen LogP contribution >= 0.6 is 23.4 Å². The van der Waals surface area contributed by atoms with Gasteiger partial charge in [0, 0.05) is 16.3 Å². The molecule has 1 saturated heterocycles. The van der Waals surface area contributed by atoms with Crippen molar-refractivity contribution in [3.63, 3.8) is 0 Å². The van der Waals surface area contributed by atoms with Gasteiger partial charge in [-0.1, -0.05) is 66.2 Å². The molecule has 3 amide bonds. The number of halogens is 1. The van der Waals surface area contributed by atoms with Crippen molar-refractivity contribution in [2.24, 2.45) is 0 Å². The third kappa shape index (κ3) is 5.74. The van der Waals surface area contributed by atoms with Gasteiger partial charge in [0.25, 0.3) is 11.1 Å². The second-order valence-corrected chi connectivity index (χ2v) is 10.2. The van der Waals surface area contributed by atoms with Gasteiger partial charge in [-0.25, -0.2) is 0 Å². The molecule has 4 aromatic carbocycles. The van der Waals surface area contributed by atoms with E-state index in [1.807, 2.05) is 73.7 Å². The van der Waals surface area contributed by atoms with Crippen molar-refractivity contribution in [1.29, 1.82) is 0 Å². The highest BCUT2D eigenvalue weighted by Crippen LogP contribution is 2.37. The molecule has 1 N–H and O–H groups in total. The van der Waals surface area contributed by atoms with E-state index >= 15 is 0 Å². The van der Waals surface area contributed by atoms with Gasteiger partial charge in [0.05, 0.1) is 4.91 Å². The molecule has 1 aliphatic rings. The summed E-state index contributed by atoms with van der Waals surface area (Å²) in [6, 6.07) is 26.2. The van der Waals surface area contributed by atoms with Crippen LogP contribution in [0.5, 0.6) is 5.75 Å². The lowest BCUT2D eigenvalue weighted by atomic mass is 10.0. The van der Waals surface area contributed by atoms with Crippen LogP contribution in [0.2, 0.25) is 5.02 Å². The van der Waals surface area contributed by atoms with E-state index in [2.05, 4.69) is 5.32 Å². The number of nitrogens with one attached hydrogen (secondary N) is 1. The second kappa shape index (κ2) is 11.1. The SMILES string of the molecule is Cc1cccc(NC(=O)CN2C(=O)S/C(=C/c3c(OCc4ccc(Cl)cc4)ccc4ccccc34)C2=O)c1. The molecule has 5 rings (SSSR count). The van der Waals surface area contributed by atoms with Crippen molar-refractivity contribution in [3.8, 4) is 5.75 Å². The Morgan fingerprint density at radius 3 is 2.58 bits per heavy atom. The van der Waals surface area contributed by atoms with Crippen molar-refractivity contribution in [3.05, 3.63) is 112 Å². The highest BCUT2D eigenvalue weighted by atomic mass is 35.5. The van der Waals surface area contributed by atoms with Gasteiger partial charge in [-0.3, -0.25) is 19.3 Å². The number of amides is 3. The first-order chi connectivity index (χ1) is 18.4. The van der Waals surface area contributed by atoms with Crippen molar-refractivity contribution in [2.45, 2.75) is 13.5 Å². The van der Waals surface area contributed by atoms with E-state index in [4.69, 9.17) is 16.3 Å². The van der Waals surface area contributed by atoms with E-state index in [9.17, 15) is 14.4 Å². The van der Waals surface area contributed by atoms with Crippen LogP contribution in [-0.4, -0.2) is 28.5 Å². The third-order valence-corrected chi connectivity index (χ3v) is 7.15. The zero-order chi connectivity index (χ0) is 26.6. The van der Waals surface area contributed by atoms with Gasteiger partial charge < -0.3 is 10.1 Å². The highest BCUT2D eigenvalue weighted by Gasteiger charge is 2.36. The smallest absolute Gasteiger partial charge is 0.294 e. The number of anilines is 1. The van der Waals surface area contributed by atoms with Crippen LogP contribution < -0.4 is 10.1 Å². The Kier molecular flexibility index (Phi) is 7.49. The predicted molar refractivity (Wildman–Crippen MR) is 152 cm³/mol. The lowest BCUT2D eigenvalue weighted by Gasteiger charge is -2.14. The van der Waals surface area contributed by atoms with E-state index in [0.717, 1.165) is 38.6 Å². The Bertz CT molecular complexity index is 1580. The average Bonchev–Trinajstić information content (AvgIpc) is 3.16. The van der Waals surface area contributed by atoms with E-state index in [1.165, 1.54) is 0 Å². The maximum Gasteiger partial charge on any atom is 0.294 e. The van der Waals surface area contributed by atoms with Crippen LogP contribution in [-0.2, 0) is 16.2 Å². The molecule has 4 aromatic rings. The van der Waals surface area contributed by atoms with Crippen LogP contribution in [0, 0.1) is 6.92 Å². The van der Waals surface area contributed by atoms with E-state index in [-0.39, 0.29) is 11.4 Å². The number of fused-ring (bicyclic) bond motifs is 1. The molecule has 0 unspecified atom stereocenters. The first kappa shape index (κ1) is 25.6.